The molecule has 0 aliphatic rings. The normalized spacial score (nSPS) is 12.0. The van der Waals surface area contributed by atoms with Crippen LogP contribution in [0.4, 0.5) is 0 Å². The molecule has 2 N–H and O–H groups in total. The second-order valence-electron chi connectivity index (χ2n) is 6.54. The monoisotopic (exact) mass is 481 g/mol. The van der Waals surface area contributed by atoms with Crippen molar-refractivity contribution in [3.63, 3.8) is 0 Å². The van der Waals surface area contributed by atoms with Crippen molar-refractivity contribution in [1.29, 1.82) is 0 Å². The minimum Gasteiger partial charge on any atom is -0.356 e. The number of nitrogens with one attached hydrogen (secondary N) is 2. The number of nitrogens with zero attached hydrogens (tertiary/aromatic N) is 3. The largest absolute Gasteiger partial charge is 0.356 e. The fourth-order valence-electron chi connectivity index (χ4n) is 2.74. The third kappa shape index (κ3) is 9.75. The molecule has 0 amide bonds. The first-order valence-electron chi connectivity index (χ1n) is 9.11. The molecule has 25 heavy (non-hydrogen) atoms. The highest BCUT2D eigenvalue weighted by Crippen LogP contribution is 2.10. The van der Waals surface area contributed by atoms with Crippen molar-refractivity contribution >= 4 is 41.3 Å². The van der Waals surface area contributed by atoms with E-state index in [0.717, 1.165) is 44.9 Å². The van der Waals surface area contributed by atoms with Crippen molar-refractivity contribution in [3.8, 4) is 0 Å². The molecule has 1 heterocycles. The highest BCUT2D eigenvalue weighted by molar-refractivity contribution is 14.0. The van der Waals surface area contributed by atoms with E-state index in [4.69, 9.17) is 0 Å². The number of aromatic nitrogens is 1. The first-order valence-corrected chi connectivity index (χ1v) is 9.99. The van der Waals surface area contributed by atoms with Crippen LogP contribution in [0.15, 0.2) is 10.4 Å². The number of aliphatic imine (C=N–C) groups is 1. The Morgan fingerprint density at radius 1 is 1.20 bits per heavy atom. The summed E-state index contributed by atoms with van der Waals surface area (Å²) in [4.78, 5) is 11.4. The third-order valence-electron chi connectivity index (χ3n) is 4.01. The lowest BCUT2D eigenvalue weighted by Crippen LogP contribution is -2.41. The third-order valence-corrected chi connectivity index (χ3v) is 5.05. The van der Waals surface area contributed by atoms with E-state index < -0.39 is 0 Å². The average Bonchev–Trinajstić information content (AvgIpc) is 3.00. The van der Waals surface area contributed by atoms with Crippen LogP contribution in [-0.4, -0.2) is 54.6 Å². The lowest BCUT2D eigenvalue weighted by molar-refractivity contribution is 0.173. The molecule has 0 radical (unpaired) electrons. The van der Waals surface area contributed by atoms with E-state index in [2.05, 4.69) is 65.5 Å². The Hall–Kier alpha value is -0.410. The van der Waals surface area contributed by atoms with E-state index in [1.807, 2.05) is 7.05 Å². The summed E-state index contributed by atoms with van der Waals surface area (Å²) >= 11 is 1.75. The van der Waals surface area contributed by atoms with Crippen molar-refractivity contribution in [2.24, 2.45) is 4.99 Å². The van der Waals surface area contributed by atoms with Gasteiger partial charge in [-0.3, -0.25) is 9.89 Å². The fraction of sp³-hybridized carbons (Fsp3) is 0.778. The van der Waals surface area contributed by atoms with Crippen molar-refractivity contribution in [2.45, 2.75) is 66.0 Å². The zero-order chi connectivity index (χ0) is 17.9. The fourth-order valence-corrected chi connectivity index (χ4v) is 3.52. The van der Waals surface area contributed by atoms with Gasteiger partial charge in [-0.1, -0.05) is 6.92 Å². The van der Waals surface area contributed by atoms with Crippen LogP contribution in [0, 0.1) is 0 Å². The van der Waals surface area contributed by atoms with E-state index in [1.165, 1.54) is 10.7 Å². The van der Waals surface area contributed by atoms with Crippen molar-refractivity contribution in [2.75, 3.05) is 26.7 Å². The summed E-state index contributed by atoms with van der Waals surface area (Å²) in [7, 11) is 1.82. The van der Waals surface area contributed by atoms with Gasteiger partial charge < -0.3 is 10.6 Å². The number of aryl methyl sites for hydroxylation is 1. The zero-order valence-electron chi connectivity index (χ0n) is 16.6. The van der Waals surface area contributed by atoms with Crippen LogP contribution >= 0.6 is 35.3 Å². The minimum absolute atomic E-state index is 0. The van der Waals surface area contributed by atoms with Gasteiger partial charge in [-0.05, 0) is 40.5 Å². The standard InChI is InChI=1S/C18H35N5S.HI/c1-7-17-22-16(13-24-17)9-11-21-18(19-6)20-10-8-12-23(14(2)3)15(4)5;/h13-15H,7-12H2,1-6H3,(H2,19,20,21);1H. The molecule has 0 atom stereocenters. The molecule has 0 saturated carbocycles. The smallest absolute Gasteiger partial charge is 0.190 e. The number of hydrogen-bond donors (Lipinski definition) is 2. The Morgan fingerprint density at radius 2 is 1.84 bits per heavy atom. The predicted molar refractivity (Wildman–Crippen MR) is 122 cm³/mol. The molecule has 0 aliphatic heterocycles. The predicted octanol–water partition coefficient (Wildman–Crippen LogP) is 3.54. The van der Waals surface area contributed by atoms with Crippen LogP contribution in [0.1, 0.15) is 51.7 Å². The van der Waals surface area contributed by atoms with Gasteiger partial charge in [0.05, 0.1) is 10.7 Å². The summed E-state index contributed by atoms with van der Waals surface area (Å²) < 4.78 is 0. The van der Waals surface area contributed by atoms with Gasteiger partial charge in [0.1, 0.15) is 0 Å². The van der Waals surface area contributed by atoms with E-state index in [0.29, 0.717) is 12.1 Å². The minimum atomic E-state index is 0. The van der Waals surface area contributed by atoms with E-state index in [1.54, 1.807) is 11.3 Å². The van der Waals surface area contributed by atoms with Crippen LogP contribution in [-0.2, 0) is 12.8 Å². The summed E-state index contributed by atoms with van der Waals surface area (Å²) in [6.07, 6.45) is 3.07. The van der Waals surface area contributed by atoms with Gasteiger partial charge in [-0.2, -0.15) is 0 Å². The van der Waals surface area contributed by atoms with Crippen molar-refractivity contribution in [1.82, 2.24) is 20.5 Å². The number of thiazole rings is 1. The Morgan fingerprint density at radius 3 is 2.36 bits per heavy atom. The molecule has 1 aromatic rings. The maximum Gasteiger partial charge on any atom is 0.190 e. The second-order valence-corrected chi connectivity index (χ2v) is 7.48. The SMILES string of the molecule is CCc1nc(CCNC(=NC)NCCCN(C(C)C)C(C)C)cs1.I. The summed E-state index contributed by atoms with van der Waals surface area (Å²) in [6.45, 7) is 14.1. The number of guanidine groups is 1. The van der Waals surface area contributed by atoms with Crippen LogP contribution in [0.3, 0.4) is 0 Å². The summed E-state index contributed by atoms with van der Waals surface area (Å²) in [5.41, 5.74) is 1.17. The van der Waals surface area contributed by atoms with Gasteiger partial charge in [-0.15, -0.1) is 35.3 Å². The molecule has 146 valence electrons. The lowest BCUT2D eigenvalue weighted by atomic mass is 10.2. The van der Waals surface area contributed by atoms with Crippen molar-refractivity contribution in [3.05, 3.63) is 16.1 Å². The maximum absolute atomic E-state index is 4.59. The molecule has 5 nitrogen and oxygen atoms in total. The van der Waals surface area contributed by atoms with Gasteiger partial charge in [0, 0.05) is 50.6 Å². The Bertz CT molecular complexity index is 480. The average molecular weight is 481 g/mol. The quantitative estimate of drug-likeness (QED) is 0.232. The van der Waals surface area contributed by atoms with Crippen LogP contribution in [0.25, 0.3) is 0 Å². The molecule has 1 rings (SSSR count). The Balaban J connectivity index is 0.00000576. The first kappa shape index (κ1) is 24.6. The highest BCUT2D eigenvalue weighted by Gasteiger charge is 2.12. The molecule has 0 aliphatic carbocycles. The van der Waals surface area contributed by atoms with Gasteiger partial charge in [0.15, 0.2) is 5.96 Å². The number of hydrogen-bond acceptors (Lipinski definition) is 4. The van der Waals surface area contributed by atoms with E-state index in [9.17, 15) is 0 Å². The molecule has 0 unspecified atom stereocenters. The first-order chi connectivity index (χ1) is 11.5. The molecule has 0 saturated heterocycles. The second kappa shape index (κ2) is 13.7. The van der Waals surface area contributed by atoms with Crippen molar-refractivity contribution < 1.29 is 0 Å². The number of rotatable bonds is 10. The zero-order valence-corrected chi connectivity index (χ0v) is 19.8. The Kier molecular flexibility index (Phi) is 13.5. The Labute approximate surface area is 175 Å². The molecule has 0 spiro atoms. The van der Waals surface area contributed by atoms with Gasteiger partial charge in [-0.25, -0.2) is 4.98 Å². The van der Waals surface area contributed by atoms with E-state index >= 15 is 0 Å². The van der Waals surface area contributed by atoms with Crippen LogP contribution in [0.5, 0.6) is 0 Å². The molecule has 0 aromatic carbocycles. The van der Waals surface area contributed by atoms with Gasteiger partial charge >= 0.3 is 0 Å². The van der Waals surface area contributed by atoms with Crippen LogP contribution < -0.4 is 10.6 Å². The van der Waals surface area contributed by atoms with Crippen LogP contribution in [0.2, 0.25) is 0 Å². The molecular weight excluding hydrogens is 445 g/mol. The lowest BCUT2D eigenvalue weighted by Gasteiger charge is -2.30. The van der Waals surface area contributed by atoms with Gasteiger partial charge in [0.25, 0.3) is 0 Å². The summed E-state index contributed by atoms with van der Waals surface area (Å²) in [5.74, 6) is 0.876. The molecule has 1 aromatic heterocycles. The van der Waals surface area contributed by atoms with E-state index in [-0.39, 0.29) is 24.0 Å². The molecule has 7 heteroatoms. The topological polar surface area (TPSA) is 52.6 Å². The molecular formula is C18H36IN5S. The maximum atomic E-state index is 4.59. The molecule has 0 bridgehead atoms. The highest BCUT2D eigenvalue weighted by atomic mass is 127. The van der Waals surface area contributed by atoms with Gasteiger partial charge in [0.2, 0.25) is 0 Å². The number of halogens is 1. The summed E-state index contributed by atoms with van der Waals surface area (Å²) in [5, 5.41) is 10.1. The summed E-state index contributed by atoms with van der Waals surface area (Å²) in [6, 6.07) is 1.18. The molecule has 0 fully saturated rings.